The second kappa shape index (κ2) is 6.03. The fourth-order valence-electron chi connectivity index (χ4n) is 1.65. The van der Waals surface area contributed by atoms with E-state index in [2.05, 4.69) is 21.2 Å². The molecule has 0 bridgehead atoms. The molecule has 0 unspecified atom stereocenters. The van der Waals surface area contributed by atoms with Crippen LogP contribution < -0.4 is 5.32 Å². The lowest BCUT2D eigenvalue weighted by Crippen LogP contribution is -2.14. The molecule has 2 nitrogen and oxygen atoms in total. The van der Waals surface area contributed by atoms with Gasteiger partial charge in [0.25, 0.3) is 5.91 Å². The summed E-state index contributed by atoms with van der Waals surface area (Å²) in [7, 11) is 0. The first-order chi connectivity index (χ1) is 8.72. The predicted molar refractivity (Wildman–Crippen MR) is 78.5 cm³/mol. The zero-order valence-corrected chi connectivity index (χ0v) is 11.8. The number of para-hydroxylation sites is 1. The second-order valence-corrected chi connectivity index (χ2v) is 4.70. The van der Waals surface area contributed by atoms with Gasteiger partial charge in [-0.1, -0.05) is 57.9 Å². The molecule has 1 amide bonds. The van der Waals surface area contributed by atoms with Gasteiger partial charge in [-0.15, -0.1) is 0 Å². The standard InChI is InChI=1S/C14H11BrClNO/c15-9-10-5-4-8-12(16)13(10)14(18)17-11-6-2-1-3-7-11/h1-8H,9H2,(H,17,18). The summed E-state index contributed by atoms with van der Waals surface area (Å²) in [6.07, 6.45) is 0. The highest BCUT2D eigenvalue weighted by Gasteiger charge is 2.14. The zero-order chi connectivity index (χ0) is 13.0. The van der Waals surface area contributed by atoms with E-state index in [1.807, 2.05) is 42.5 Å². The van der Waals surface area contributed by atoms with Crippen LogP contribution in [0.15, 0.2) is 48.5 Å². The number of hydrogen-bond acceptors (Lipinski definition) is 1. The first-order valence-electron chi connectivity index (χ1n) is 5.42. The number of carbonyl (C=O) groups excluding carboxylic acids is 1. The fraction of sp³-hybridized carbons (Fsp3) is 0.0714. The van der Waals surface area contributed by atoms with Crippen molar-refractivity contribution in [3.8, 4) is 0 Å². The topological polar surface area (TPSA) is 29.1 Å². The van der Waals surface area contributed by atoms with Gasteiger partial charge in [0.05, 0.1) is 10.6 Å². The Bertz CT molecular complexity index is 557. The summed E-state index contributed by atoms with van der Waals surface area (Å²) in [5.74, 6) is -0.193. The van der Waals surface area contributed by atoms with E-state index in [-0.39, 0.29) is 5.91 Å². The van der Waals surface area contributed by atoms with Crippen molar-refractivity contribution in [3.63, 3.8) is 0 Å². The average Bonchev–Trinajstić information content (AvgIpc) is 2.39. The molecule has 0 aliphatic heterocycles. The van der Waals surface area contributed by atoms with Crippen LogP contribution >= 0.6 is 27.5 Å². The highest BCUT2D eigenvalue weighted by Crippen LogP contribution is 2.23. The third-order valence-corrected chi connectivity index (χ3v) is 3.42. The van der Waals surface area contributed by atoms with Crippen LogP contribution in [0, 0.1) is 0 Å². The Labute approximate surface area is 119 Å². The summed E-state index contributed by atoms with van der Waals surface area (Å²) in [5, 5.41) is 3.88. The SMILES string of the molecule is O=C(Nc1ccccc1)c1c(Cl)cccc1CBr. The van der Waals surface area contributed by atoms with Crippen molar-refractivity contribution in [2.45, 2.75) is 5.33 Å². The van der Waals surface area contributed by atoms with Gasteiger partial charge in [0.2, 0.25) is 0 Å². The molecule has 18 heavy (non-hydrogen) atoms. The Balaban J connectivity index is 2.29. The van der Waals surface area contributed by atoms with E-state index < -0.39 is 0 Å². The van der Waals surface area contributed by atoms with Crippen LogP contribution in [-0.4, -0.2) is 5.91 Å². The van der Waals surface area contributed by atoms with Crippen LogP contribution in [0.5, 0.6) is 0 Å². The number of amides is 1. The molecule has 0 radical (unpaired) electrons. The number of alkyl halides is 1. The van der Waals surface area contributed by atoms with E-state index in [0.29, 0.717) is 15.9 Å². The molecule has 0 atom stereocenters. The van der Waals surface area contributed by atoms with Gasteiger partial charge in [-0.2, -0.15) is 0 Å². The summed E-state index contributed by atoms with van der Waals surface area (Å²) >= 11 is 9.45. The maximum atomic E-state index is 12.2. The summed E-state index contributed by atoms with van der Waals surface area (Å²) in [6, 6.07) is 14.7. The first kappa shape index (κ1) is 13.1. The molecular formula is C14H11BrClNO. The summed E-state index contributed by atoms with van der Waals surface area (Å²) in [4.78, 5) is 12.2. The van der Waals surface area contributed by atoms with Crippen molar-refractivity contribution in [2.24, 2.45) is 0 Å². The average molecular weight is 325 g/mol. The molecule has 0 fully saturated rings. The molecule has 0 aliphatic carbocycles. The molecule has 0 heterocycles. The number of halogens is 2. The second-order valence-electron chi connectivity index (χ2n) is 3.73. The first-order valence-corrected chi connectivity index (χ1v) is 6.92. The fourth-order valence-corrected chi connectivity index (χ4v) is 2.40. The molecule has 0 aliphatic rings. The Morgan fingerprint density at radius 2 is 1.83 bits per heavy atom. The van der Waals surface area contributed by atoms with Gasteiger partial charge in [0.1, 0.15) is 0 Å². The summed E-state index contributed by atoms with van der Waals surface area (Å²) in [6.45, 7) is 0. The van der Waals surface area contributed by atoms with E-state index in [4.69, 9.17) is 11.6 Å². The predicted octanol–water partition coefficient (Wildman–Crippen LogP) is 4.49. The van der Waals surface area contributed by atoms with Crippen LogP contribution in [-0.2, 0) is 5.33 Å². The third-order valence-electron chi connectivity index (χ3n) is 2.50. The largest absolute Gasteiger partial charge is 0.322 e. The number of benzene rings is 2. The number of carbonyl (C=O) groups is 1. The molecule has 0 saturated heterocycles. The molecule has 92 valence electrons. The highest BCUT2D eigenvalue weighted by molar-refractivity contribution is 9.08. The van der Waals surface area contributed by atoms with Gasteiger partial charge >= 0.3 is 0 Å². The molecule has 2 rings (SSSR count). The van der Waals surface area contributed by atoms with Crippen LogP contribution in [0.3, 0.4) is 0 Å². The Morgan fingerprint density at radius 1 is 1.11 bits per heavy atom. The van der Waals surface area contributed by atoms with Crippen LogP contribution in [0.4, 0.5) is 5.69 Å². The van der Waals surface area contributed by atoms with Crippen LogP contribution in [0.25, 0.3) is 0 Å². The molecule has 4 heteroatoms. The van der Waals surface area contributed by atoms with Crippen LogP contribution in [0.2, 0.25) is 5.02 Å². The normalized spacial score (nSPS) is 10.1. The maximum absolute atomic E-state index is 12.2. The molecule has 0 saturated carbocycles. The van der Waals surface area contributed by atoms with E-state index in [9.17, 15) is 4.79 Å². The van der Waals surface area contributed by atoms with Gasteiger partial charge in [-0.25, -0.2) is 0 Å². The Hall–Kier alpha value is -1.32. The Kier molecular flexibility index (Phi) is 4.39. The van der Waals surface area contributed by atoms with Gasteiger partial charge in [-0.05, 0) is 23.8 Å². The maximum Gasteiger partial charge on any atom is 0.257 e. The minimum Gasteiger partial charge on any atom is -0.322 e. The Morgan fingerprint density at radius 3 is 2.50 bits per heavy atom. The minimum absolute atomic E-state index is 0.193. The minimum atomic E-state index is -0.193. The van der Waals surface area contributed by atoms with E-state index >= 15 is 0 Å². The van der Waals surface area contributed by atoms with E-state index in [0.717, 1.165) is 11.3 Å². The lowest BCUT2D eigenvalue weighted by molar-refractivity contribution is 0.102. The molecule has 2 aromatic rings. The number of anilines is 1. The molecule has 0 spiro atoms. The smallest absolute Gasteiger partial charge is 0.257 e. The van der Waals surface area contributed by atoms with Gasteiger partial charge in [0.15, 0.2) is 0 Å². The lowest BCUT2D eigenvalue weighted by atomic mass is 10.1. The zero-order valence-electron chi connectivity index (χ0n) is 9.49. The number of hydrogen-bond donors (Lipinski definition) is 1. The van der Waals surface area contributed by atoms with Crippen LogP contribution in [0.1, 0.15) is 15.9 Å². The molecule has 0 aromatic heterocycles. The quantitative estimate of drug-likeness (QED) is 0.828. The van der Waals surface area contributed by atoms with Gasteiger partial charge in [0, 0.05) is 11.0 Å². The lowest BCUT2D eigenvalue weighted by Gasteiger charge is -2.10. The molecular weight excluding hydrogens is 314 g/mol. The van der Waals surface area contributed by atoms with Crippen molar-refractivity contribution >= 4 is 39.1 Å². The monoisotopic (exact) mass is 323 g/mol. The van der Waals surface area contributed by atoms with Crippen molar-refractivity contribution in [1.82, 2.24) is 0 Å². The summed E-state index contributed by atoms with van der Waals surface area (Å²) < 4.78 is 0. The van der Waals surface area contributed by atoms with Crippen molar-refractivity contribution in [1.29, 1.82) is 0 Å². The van der Waals surface area contributed by atoms with Gasteiger partial charge in [-0.3, -0.25) is 4.79 Å². The van der Waals surface area contributed by atoms with Crippen molar-refractivity contribution < 1.29 is 4.79 Å². The number of nitrogens with one attached hydrogen (secondary N) is 1. The van der Waals surface area contributed by atoms with Crippen molar-refractivity contribution in [3.05, 3.63) is 64.7 Å². The van der Waals surface area contributed by atoms with Gasteiger partial charge < -0.3 is 5.32 Å². The summed E-state index contributed by atoms with van der Waals surface area (Å²) in [5.41, 5.74) is 2.14. The molecule has 1 N–H and O–H groups in total. The third kappa shape index (κ3) is 2.92. The van der Waals surface area contributed by atoms with E-state index in [1.165, 1.54) is 0 Å². The highest BCUT2D eigenvalue weighted by atomic mass is 79.9. The van der Waals surface area contributed by atoms with Crippen molar-refractivity contribution in [2.75, 3.05) is 5.32 Å². The van der Waals surface area contributed by atoms with E-state index in [1.54, 1.807) is 6.07 Å². The molecule has 2 aromatic carbocycles. The number of rotatable bonds is 3.